The number of hydrogen-bond donors (Lipinski definition) is 1. The third kappa shape index (κ3) is 4.04. The Hall–Kier alpha value is -2.63. The predicted molar refractivity (Wildman–Crippen MR) is 119 cm³/mol. The van der Waals surface area contributed by atoms with Crippen molar-refractivity contribution in [2.75, 3.05) is 5.32 Å². The van der Waals surface area contributed by atoms with Crippen molar-refractivity contribution < 1.29 is 0 Å². The molecule has 2 heteroatoms. The zero-order valence-electron chi connectivity index (χ0n) is 15.5. The van der Waals surface area contributed by atoms with Gasteiger partial charge in [-0.25, -0.2) is 0 Å². The van der Waals surface area contributed by atoms with Crippen LogP contribution in [0.1, 0.15) is 6.92 Å². The summed E-state index contributed by atoms with van der Waals surface area (Å²) < 4.78 is 0. The van der Waals surface area contributed by atoms with Crippen molar-refractivity contribution in [3.05, 3.63) is 115 Å². The Morgan fingerprint density at radius 3 is 1.81 bits per heavy atom. The highest BCUT2D eigenvalue weighted by Crippen LogP contribution is 2.50. The number of para-hydroxylation sites is 1. The van der Waals surface area contributed by atoms with Crippen LogP contribution in [0.3, 0.4) is 0 Å². The van der Waals surface area contributed by atoms with Gasteiger partial charge in [-0.05, 0) is 42.9 Å². The van der Waals surface area contributed by atoms with Gasteiger partial charge >= 0.3 is 0 Å². The van der Waals surface area contributed by atoms with Crippen LogP contribution in [-0.4, -0.2) is 6.04 Å². The SMILES string of the molecule is C[C@@H](Nc1ccccc1)C1C=CC=C1P(c1ccccc1)c1ccccc1. The molecule has 3 aromatic rings. The van der Waals surface area contributed by atoms with Gasteiger partial charge in [0.25, 0.3) is 0 Å². The van der Waals surface area contributed by atoms with Crippen molar-refractivity contribution in [1.29, 1.82) is 0 Å². The number of benzene rings is 3. The van der Waals surface area contributed by atoms with Gasteiger partial charge in [-0.1, -0.05) is 97.1 Å². The molecule has 1 aliphatic rings. The number of nitrogens with one attached hydrogen (secondary N) is 1. The van der Waals surface area contributed by atoms with Crippen LogP contribution in [0, 0.1) is 5.92 Å². The lowest BCUT2D eigenvalue weighted by Gasteiger charge is -2.29. The van der Waals surface area contributed by atoms with E-state index in [-0.39, 0.29) is 0 Å². The van der Waals surface area contributed by atoms with Crippen molar-refractivity contribution in [1.82, 2.24) is 0 Å². The van der Waals surface area contributed by atoms with E-state index in [4.69, 9.17) is 0 Å². The summed E-state index contributed by atoms with van der Waals surface area (Å²) in [6.07, 6.45) is 6.90. The normalized spacial score (nSPS) is 17.0. The van der Waals surface area contributed by atoms with E-state index in [1.165, 1.54) is 21.6 Å². The molecule has 0 saturated heterocycles. The van der Waals surface area contributed by atoms with E-state index in [1.807, 2.05) is 0 Å². The number of allylic oxidation sites excluding steroid dienone is 2. The summed E-state index contributed by atoms with van der Waals surface area (Å²) >= 11 is 0. The summed E-state index contributed by atoms with van der Waals surface area (Å²) in [4.78, 5) is 0. The summed E-state index contributed by atoms with van der Waals surface area (Å²) in [6, 6.07) is 32.7. The van der Waals surface area contributed by atoms with Crippen LogP contribution >= 0.6 is 7.92 Å². The quantitative estimate of drug-likeness (QED) is 0.551. The van der Waals surface area contributed by atoms with Gasteiger partial charge in [-0.2, -0.15) is 0 Å². The predicted octanol–water partition coefficient (Wildman–Crippen LogP) is 5.69. The first-order valence-corrected chi connectivity index (χ1v) is 10.8. The fourth-order valence-electron chi connectivity index (χ4n) is 3.62. The molecule has 3 aromatic carbocycles. The zero-order valence-corrected chi connectivity index (χ0v) is 16.4. The van der Waals surface area contributed by atoms with Gasteiger partial charge in [0.05, 0.1) is 0 Å². The molecule has 0 fully saturated rings. The monoisotopic (exact) mass is 369 g/mol. The smallest absolute Gasteiger partial charge is 0.0342 e. The third-order valence-corrected chi connectivity index (χ3v) is 7.51. The summed E-state index contributed by atoms with van der Waals surface area (Å²) in [5.41, 5.74) is 1.17. The van der Waals surface area contributed by atoms with Crippen molar-refractivity contribution in [2.45, 2.75) is 13.0 Å². The lowest BCUT2D eigenvalue weighted by atomic mass is 10.0. The minimum Gasteiger partial charge on any atom is -0.382 e. The Morgan fingerprint density at radius 1 is 0.741 bits per heavy atom. The number of rotatable bonds is 6. The molecular formula is C25H24NP. The Kier molecular flexibility index (Phi) is 5.51. The Balaban J connectivity index is 1.65. The second kappa shape index (κ2) is 8.37. The standard InChI is InChI=1S/C25H24NP/c1-20(26-21-12-5-2-6-13-21)24-18-11-19-25(24)27(22-14-7-3-8-15-22)23-16-9-4-10-17-23/h2-20,24,26H,1H3/t20-,24?/m1/s1. The van der Waals surface area contributed by atoms with Crippen LogP contribution in [0.4, 0.5) is 5.69 Å². The number of hydrogen-bond acceptors (Lipinski definition) is 1. The average molecular weight is 369 g/mol. The average Bonchev–Trinajstić information content (AvgIpc) is 3.20. The molecule has 1 N–H and O–H groups in total. The molecule has 0 saturated carbocycles. The van der Waals surface area contributed by atoms with Gasteiger partial charge in [0.15, 0.2) is 0 Å². The highest BCUT2D eigenvalue weighted by atomic mass is 31.1. The highest BCUT2D eigenvalue weighted by molar-refractivity contribution is 7.76. The fraction of sp³-hybridized carbons (Fsp3) is 0.120. The van der Waals surface area contributed by atoms with Crippen LogP contribution < -0.4 is 15.9 Å². The van der Waals surface area contributed by atoms with Gasteiger partial charge in [0.2, 0.25) is 0 Å². The highest BCUT2D eigenvalue weighted by Gasteiger charge is 2.29. The molecular weight excluding hydrogens is 345 g/mol. The van der Waals surface area contributed by atoms with E-state index in [1.54, 1.807) is 0 Å². The van der Waals surface area contributed by atoms with Gasteiger partial charge in [0, 0.05) is 17.6 Å². The second-order valence-electron chi connectivity index (χ2n) is 6.81. The zero-order chi connectivity index (χ0) is 18.5. The van der Waals surface area contributed by atoms with E-state index in [0.717, 1.165) is 0 Å². The molecule has 1 unspecified atom stereocenters. The maximum atomic E-state index is 3.69. The largest absolute Gasteiger partial charge is 0.382 e. The van der Waals surface area contributed by atoms with Crippen LogP contribution in [0.15, 0.2) is 115 Å². The first-order chi connectivity index (χ1) is 13.3. The Morgan fingerprint density at radius 2 is 1.26 bits per heavy atom. The Bertz CT molecular complexity index is 877. The van der Waals surface area contributed by atoms with Crippen LogP contribution in [0.2, 0.25) is 0 Å². The molecule has 1 aliphatic carbocycles. The maximum Gasteiger partial charge on any atom is 0.0342 e. The summed E-state index contributed by atoms with van der Waals surface area (Å²) in [6.45, 7) is 2.28. The van der Waals surface area contributed by atoms with E-state index in [0.29, 0.717) is 12.0 Å². The van der Waals surface area contributed by atoms with Gasteiger partial charge in [-0.15, -0.1) is 0 Å². The molecule has 0 aliphatic heterocycles. The van der Waals surface area contributed by atoms with Crippen molar-refractivity contribution in [3.63, 3.8) is 0 Å². The van der Waals surface area contributed by atoms with Crippen molar-refractivity contribution >= 4 is 24.2 Å². The molecule has 0 aromatic heterocycles. The van der Waals surface area contributed by atoms with E-state index in [9.17, 15) is 0 Å². The first kappa shape index (κ1) is 17.8. The van der Waals surface area contributed by atoms with E-state index >= 15 is 0 Å². The molecule has 4 rings (SSSR count). The Labute approximate surface area is 163 Å². The topological polar surface area (TPSA) is 12.0 Å². The lowest BCUT2D eigenvalue weighted by molar-refractivity contribution is 0.674. The van der Waals surface area contributed by atoms with Crippen LogP contribution in [0.5, 0.6) is 0 Å². The molecule has 0 amide bonds. The molecule has 2 atom stereocenters. The minimum absolute atomic E-state index is 0.329. The number of anilines is 1. The van der Waals surface area contributed by atoms with Gasteiger partial charge in [0.1, 0.15) is 0 Å². The van der Waals surface area contributed by atoms with E-state index < -0.39 is 7.92 Å². The molecule has 1 nitrogen and oxygen atoms in total. The first-order valence-electron chi connectivity index (χ1n) is 9.43. The van der Waals surface area contributed by atoms with E-state index in [2.05, 4.69) is 121 Å². The van der Waals surface area contributed by atoms with Crippen LogP contribution in [-0.2, 0) is 0 Å². The summed E-state index contributed by atoms with van der Waals surface area (Å²) in [7, 11) is -0.540. The maximum absolute atomic E-state index is 3.69. The van der Waals surface area contributed by atoms with Crippen LogP contribution in [0.25, 0.3) is 0 Å². The molecule has 0 bridgehead atoms. The van der Waals surface area contributed by atoms with Gasteiger partial charge < -0.3 is 5.32 Å². The molecule has 134 valence electrons. The molecule has 0 heterocycles. The molecule has 0 radical (unpaired) electrons. The van der Waals surface area contributed by atoms with Crippen molar-refractivity contribution in [2.24, 2.45) is 5.92 Å². The third-order valence-electron chi connectivity index (χ3n) is 4.92. The van der Waals surface area contributed by atoms with Gasteiger partial charge in [-0.3, -0.25) is 0 Å². The second-order valence-corrected chi connectivity index (χ2v) is 9.03. The molecule has 27 heavy (non-hydrogen) atoms. The summed E-state index contributed by atoms with van der Waals surface area (Å²) in [5.74, 6) is 0.386. The lowest BCUT2D eigenvalue weighted by Crippen LogP contribution is -2.27. The van der Waals surface area contributed by atoms with Crippen molar-refractivity contribution in [3.8, 4) is 0 Å². The fourth-order valence-corrected chi connectivity index (χ4v) is 6.30. The minimum atomic E-state index is -0.540. The molecule has 0 spiro atoms. The summed E-state index contributed by atoms with van der Waals surface area (Å²) in [5, 5.41) is 8.02.